The normalized spacial score (nSPS) is 12.7. The molecule has 6 heteroatoms. The Kier molecular flexibility index (Phi) is 4.58. The van der Waals surface area contributed by atoms with Gasteiger partial charge in [-0.25, -0.2) is 4.68 Å². The van der Waals surface area contributed by atoms with E-state index < -0.39 is 0 Å². The van der Waals surface area contributed by atoms with E-state index in [4.69, 9.17) is 0 Å². The van der Waals surface area contributed by atoms with Gasteiger partial charge in [0.1, 0.15) is 0 Å². The van der Waals surface area contributed by atoms with Gasteiger partial charge in [0.05, 0.1) is 5.69 Å². The summed E-state index contributed by atoms with van der Waals surface area (Å²) in [5.41, 5.74) is 1.54. The zero-order chi connectivity index (χ0) is 13.9. The van der Waals surface area contributed by atoms with Crippen molar-refractivity contribution in [2.45, 2.75) is 34.1 Å². The highest BCUT2D eigenvalue weighted by atomic mass is 16.6. The molecular formula is C12H19N3O3. The quantitative estimate of drug-likeness (QED) is 0.594. The van der Waals surface area contributed by atoms with Crippen molar-refractivity contribution in [3.05, 3.63) is 27.6 Å². The van der Waals surface area contributed by atoms with Gasteiger partial charge in [0.15, 0.2) is 0 Å². The topological polar surface area (TPSA) is 78.0 Å². The van der Waals surface area contributed by atoms with Crippen molar-refractivity contribution in [3.8, 4) is 0 Å². The highest BCUT2D eigenvalue weighted by molar-refractivity contribution is 5.79. The van der Waals surface area contributed by atoms with Crippen LogP contribution in [0.2, 0.25) is 0 Å². The van der Waals surface area contributed by atoms with Crippen molar-refractivity contribution in [1.82, 2.24) is 9.78 Å². The molecule has 0 aliphatic rings. The minimum atomic E-state index is -0.362. The van der Waals surface area contributed by atoms with Crippen molar-refractivity contribution in [1.29, 1.82) is 0 Å². The van der Waals surface area contributed by atoms with Crippen LogP contribution in [0.5, 0.6) is 0 Å². The molecule has 6 nitrogen and oxygen atoms in total. The average Bonchev–Trinajstić information content (AvgIpc) is 2.56. The Morgan fingerprint density at radius 2 is 2.11 bits per heavy atom. The summed E-state index contributed by atoms with van der Waals surface area (Å²) in [4.78, 5) is 22.3. The Labute approximate surface area is 106 Å². The molecule has 18 heavy (non-hydrogen) atoms. The van der Waals surface area contributed by atoms with Crippen molar-refractivity contribution in [2.24, 2.45) is 11.8 Å². The fourth-order valence-corrected chi connectivity index (χ4v) is 1.89. The van der Waals surface area contributed by atoms with E-state index in [1.54, 1.807) is 6.92 Å². The van der Waals surface area contributed by atoms with Gasteiger partial charge < -0.3 is 0 Å². The maximum absolute atomic E-state index is 12.1. The summed E-state index contributed by atoms with van der Waals surface area (Å²) in [6, 6.07) is 1.82. The molecule has 0 fully saturated rings. The van der Waals surface area contributed by atoms with Gasteiger partial charge >= 0.3 is 0 Å². The molecule has 0 saturated heterocycles. The van der Waals surface area contributed by atoms with Crippen LogP contribution in [0.1, 0.15) is 36.5 Å². The monoisotopic (exact) mass is 253 g/mol. The highest BCUT2D eigenvalue weighted by Gasteiger charge is 2.24. The lowest BCUT2D eigenvalue weighted by Crippen LogP contribution is -2.26. The van der Waals surface area contributed by atoms with Crippen LogP contribution in [-0.2, 0) is 0 Å². The first kappa shape index (κ1) is 14.3. The number of carbonyl (C=O) groups excluding carboxylic acids is 1. The SMILES string of the molecule is Cc1cc(C)n(C(=O)C[C@@H](C[N+](=O)[O-])C(C)C)n1. The van der Waals surface area contributed by atoms with Crippen LogP contribution in [0.4, 0.5) is 0 Å². The van der Waals surface area contributed by atoms with Crippen LogP contribution >= 0.6 is 0 Å². The van der Waals surface area contributed by atoms with E-state index in [-0.39, 0.29) is 35.6 Å². The third-order valence-electron chi connectivity index (χ3n) is 3.01. The van der Waals surface area contributed by atoms with Gasteiger partial charge in [-0.1, -0.05) is 13.8 Å². The summed E-state index contributed by atoms with van der Waals surface area (Å²) in [6.45, 7) is 7.22. The Morgan fingerprint density at radius 3 is 2.50 bits per heavy atom. The Morgan fingerprint density at radius 1 is 1.50 bits per heavy atom. The molecule has 1 heterocycles. The fourth-order valence-electron chi connectivity index (χ4n) is 1.89. The number of hydrogen-bond donors (Lipinski definition) is 0. The zero-order valence-electron chi connectivity index (χ0n) is 11.2. The molecule has 1 atom stereocenters. The second kappa shape index (κ2) is 5.75. The summed E-state index contributed by atoms with van der Waals surface area (Å²) < 4.78 is 1.34. The summed E-state index contributed by atoms with van der Waals surface area (Å²) in [5, 5.41) is 14.7. The van der Waals surface area contributed by atoms with Gasteiger partial charge in [-0.3, -0.25) is 14.9 Å². The van der Waals surface area contributed by atoms with E-state index in [0.29, 0.717) is 0 Å². The van der Waals surface area contributed by atoms with E-state index in [2.05, 4.69) is 5.10 Å². The number of nitro groups is 1. The number of rotatable bonds is 5. The third-order valence-corrected chi connectivity index (χ3v) is 3.01. The van der Waals surface area contributed by atoms with Crippen molar-refractivity contribution >= 4 is 5.91 Å². The van der Waals surface area contributed by atoms with Crippen LogP contribution < -0.4 is 0 Å². The average molecular weight is 253 g/mol. The lowest BCUT2D eigenvalue weighted by atomic mass is 9.92. The summed E-state index contributed by atoms with van der Waals surface area (Å²) in [5.74, 6) is -0.339. The molecule has 1 rings (SSSR count). The van der Waals surface area contributed by atoms with Crippen molar-refractivity contribution in [3.63, 3.8) is 0 Å². The molecule has 0 radical (unpaired) electrons. The molecule has 0 spiro atoms. The van der Waals surface area contributed by atoms with Crippen LogP contribution in [-0.4, -0.2) is 27.2 Å². The standard InChI is InChI=1S/C12H19N3O3/c1-8(2)11(7-14(17)18)6-12(16)15-10(4)5-9(3)13-15/h5,8,11H,6-7H2,1-4H3/t11-/m0/s1. The predicted octanol–water partition coefficient (Wildman–Crippen LogP) is 2.08. The van der Waals surface area contributed by atoms with Crippen LogP contribution in [0.25, 0.3) is 0 Å². The second-order valence-corrected chi connectivity index (χ2v) is 4.96. The minimum Gasteiger partial charge on any atom is -0.273 e. The van der Waals surface area contributed by atoms with E-state index in [1.807, 2.05) is 26.8 Å². The van der Waals surface area contributed by atoms with Crippen LogP contribution in [0.3, 0.4) is 0 Å². The molecule has 0 saturated carbocycles. The first-order valence-corrected chi connectivity index (χ1v) is 5.99. The molecular weight excluding hydrogens is 234 g/mol. The summed E-state index contributed by atoms with van der Waals surface area (Å²) in [6.07, 6.45) is 0.153. The maximum atomic E-state index is 12.1. The Bertz CT molecular complexity index is 451. The first-order chi connectivity index (χ1) is 8.31. The maximum Gasteiger partial charge on any atom is 0.247 e. The second-order valence-electron chi connectivity index (χ2n) is 4.96. The molecule has 1 aromatic rings. The first-order valence-electron chi connectivity index (χ1n) is 5.99. The lowest BCUT2D eigenvalue weighted by molar-refractivity contribution is -0.489. The van der Waals surface area contributed by atoms with E-state index in [9.17, 15) is 14.9 Å². The Hall–Kier alpha value is -1.72. The van der Waals surface area contributed by atoms with Gasteiger partial charge in [0.25, 0.3) is 0 Å². The van der Waals surface area contributed by atoms with E-state index in [0.717, 1.165) is 11.4 Å². The largest absolute Gasteiger partial charge is 0.273 e. The molecule has 0 aliphatic carbocycles. The predicted molar refractivity (Wildman–Crippen MR) is 67.1 cm³/mol. The highest BCUT2D eigenvalue weighted by Crippen LogP contribution is 2.17. The molecule has 1 aromatic heterocycles. The molecule has 0 amide bonds. The van der Waals surface area contributed by atoms with Gasteiger partial charge in [0, 0.05) is 23.0 Å². The molecule has 0 aliphatic heterocycles. The van der Waals surface area contributed by atoms with E-state index >= 15 is 0 Å². The minimum absolute atomic E-state index is 0.0938. The smallest absolute Gasteiger partial charge is 0.247 e. The van der Waals surface area contributed by atoms with Gasteiger partial charge in [-0.2, -0.15) is 5.10 Å². The third kappa shape index (κ3) is 3.65. The van der Waals surface area contributed by atoms with Crippen LogP contribution in [0, 0.1) is 35.8 Å². The lowest BCUT2D eigenvalue weighted by Gasteiger charge is -2.15. The molecule has 100 valence electrons. The molecule has 0 bridgehead atoms. The Balaban J connectivity index is 2.78. The number of nitrogens with zero attached hydrogens (tertiary/aromatic N) is 3. The number of hydrogen-bond acceptors (Lipinski definition) is 4. The summed E-state index contributed by atoms with van der Waals surface area (Å²) >= 11 is 0. The van der Waals surface area contributed by atoms with Crippen LogP contribution in [0.15, 0.2) is 6.07 Å². The van der Waals surface area contributed by atoms with Gasteiger partial charge in [-0.15, -0.1) is 0 Å². The van der Waals surface area contributed by atoms with E-state index in [1.165, 1.54) is 4.68 Å². The number of aromatic nitrogens is 2. The van der Waals surface area contributed by atoms with Crippen molar-refractivity contribution < 1.29 is 9.72 Å². The summed E-state index contributed by atoms with van der Waals surface area (Å²) in [7, 11) is 0. The van der Waals surface area contributed by atoms with Gasteiger partial charge in [0.2, 0.25) is 12.5 Å². The molecule has 0 N–H and O–H groups in total. The van der Waals surface area contributed by atoms with Gasteiger partial charge in [-0.05, 0) is 25.8 Å². The zero-order valence-corrected chi connectivity index (χ0v) is 11.2. The van der Waals surface area contributed by atoms with Crippen molar-refractivity contribution in [2.75, 3.05) is 6.54 Å². The number of aryl methyl sites for hydroxylation is 2. The molecule has 0 unspecified atom stereocenters. The molecule has 0 aromatic carbocycles. The number of carbonyl (C=O) groups is 1. The fraction of sp³-hybridized carbons (Fsp3) is 0.667.